The predicted molar refractivity (Wildman–Crippen MR) is 131 cm³/mol. The van der Waals surface area contributed by atoms with Crippen LogP contribution in [0.1, 0.15) is 55.7 Å². The van der Waals surface area contributed by atoms with Crippen LogP contribution in [0.25, 0.3) is 0 Å². The molecule has 0 aliphatic carbocycles. The summed E-state index contributed by atoms with van der Waals surface area (Å²) >= 11 is 2.15. The van der Waals surface area contributed by atoms with Gasteiger partial charge < -0.3 is 10.1 Å². The SMILES string of the molecule is COC(=O)CCCCCCCNC1c2ccccc2N(C)S(=O)(=O)c2cc(I)ccc21. The molecule has 1 N–H and O–H groups in total. The second kappa shape index (κ2) is 10.8. The van der Waals surface area contributed by atoms with Crippen LogP contribution in [0.2, 0.25) is 0 Å². The molecule has 31 heavy (non-hydrogen) atoms. The molecule has 0 fully saturated rings. The van der Waals surface area contributed by atoms with Gasteiger partial charge in [0.2, 0.25) is 0 Å². The Balaban J connectivity index is 1.72. The van der Waals surface area contributed by atoms with Gasteiger partial charge in [0.05, 0.1) is 23.7 Å². The molecule has 0 radical (unpaired) electrons. The molecule has 0 amide bonds. The normalized spacial score (nSPS) is 16.9. The predicted octanol–water partition coefficient (Wildman–Crippen LogP) is 4.62. The molecule has 168 valence electrons. The smallest absolute Gasteiger partial charge is 0.305 e. The van der Waals surface area contributed by atoms with Gasteiger partial charge in [-0.3, -0.25) is 9.10 Å². The zero-order chi connectivity index (χ0) is 22.4. The molecule has 0 spiro atoms. The topological polar surface area (TPSA) is 75.7 Å². The van der Waals surface area contributed by atoms with E-state index in [0.29, 0.717) is 17.0 Å². The summed E-state index contributed by atoms with van der Waals surface area (Å²) in [5.41, 5.74) is 2.45. The summed E-state index contributed by atoms with van der Waals surface area (Å²) in [6.45, 7) is 0.783. The number of nitrogens with zero attached hydrogens (tertiary/aromatic N) is 1. The zero-order valence-electron chi connectivity index (χ0n) is 17.9. The first-order chi connectivity index (χ1) is 14.9. The Kier molecular flexibility index (Phi) is 8.35. The average Bonchev–Trinajstić information content (AvgIpc) is 2.83. The highest BCUT2D eigenvalue weighted by Crippen LogP contribution is 2.40. The third kappa shape index (κ3) is 5.59. The standard InChI is InChI=1S/C23H29IN2O4S/c1-26-20-11-8-7-10-18(20)23(19-14-13-17(24)16-21(19)31(26,28)29)25-15-9-5-3-4-6-12-22(27)30-2/h7-8,10-11,13-14,16,23,25H,3-6,9,12,15H2,1-2H3. The van der Waals surface area contributed by atoms with Gasteiger partial charge in [-0.15, -0.1) is 0 Å². The maximum Gasteiger partial charge on any atom is 0.305 e. The van der Waals surface area contributed by atoms with Crippen molar-refractivity contribution in [3.63, 3.8) is 0 Å². The van der Waals surface area contributed by atoms with E-state index in [1.807, 2.05) is 36.4 Å². The van der Waals surface area contributed by atoms with E-state index in [2.05, 4.69) is 32.6 Å². The fraction of sp³-hybridized carbons (Fsp3) is 0.435. The minimum Gasteiger partial charge on any atom is -0.469 e. The summed E-state index contributed by atoms with van der Waals surface area (Å²) in [6, 6.07) is 13.1. The summed E-state index contributed by atoms with van der Waals surface area (Å²) in [7, 11) is -0.592. The van der Waals surface area contributed by atoms with E-state index in [1.54, 1.807) is 13.1 Å². The molecule has 6 nitrogen and oxygen atoms in total. The Morgan fingerprint density at radius 3 is 2.55 bits per heavy atom. The van der Waals surface area contributed by atoms with Crippen LogP contribution in [0.15, 0.2) is 47.4 Å². The van der Waals surface area contributed by atoms with Gasteiger partial charge >= 0.3 is 5.97 Å². The molecular weight excluding hydrogens is 527 g/mol. The van der Waals surface area contributed by atoms with Gasteiger partial charge in [0.15, 0.2) is 0 Å². The first-order valence-electron chi connectivity index (χ1n) is 10.5. The van der Waals surface area contributed by atoms with Crippen LogP contribution in [0.5, 0.6) is 0 Å². The zero-order valence-corrected chi connectivity index (χ0v) is 20.9. The lowest BCUT2D eigenvalue weighted by Gasteiger charge is -2.22. The molecule has 0 saturated carbocycles. The second-order valence-corrected chi connectivity index (χ2v) is 10.9. The lowest BCUT2D eigenvalue weighted by Crippen LogP contribution is -2.26. The lowest BCUT2D eigenvalue weighted by molar-refractivity contribution is -0.140. The Morgan fingerprint density at radius 2 is 1.77 bits per heavy atom. The number of hydrogen-bond donors (Lipinski definition) is 1. The number of anilines is 1. The minimum absolute atomic E-state index is 0.151. The number of unbranched alkanes of at least 4 members (excludes halogenated alkanes) is 4. The number of carbonyl (C=O) groups excluding carboxylic acids is 1. The third-order valence-corrected chi connectivity index (χ3v) is 8.14. The van der Waals surface area contributed by atoms with Crippen molar-refractivity contribution in [2.24, 2.45) is 0 Å². The number of methoxy groups -OCH3 is 1. The summed E-state index contributed by atoms with van der Waals surface area (Å²) in [5, 5.41) is 3.60. The van der Waals surface area contributed by atoms with Gasteiger partial charge in [-0.05, 0) is 71.3 Å². The Hall–Kier alpha value is -1.65. The van der Waals surface area contributed by atoms with Crippen molar-refractivity contribution in [2.45, 2.75) is 49.5 Å². The highest BCUT2D eigenvalue weighted by atomic mass is 127. The van der Waals surface area contributed by atoms with Gasteiger partial charge in [-0.1, -0.05) is 43.5 Å². The number of carbonyl (C=O) groups is 1. The van der Waals surface area contributed by atoms with E-state index >= 15 is 0 Å². The van der Waals surface area contributed by atoms with E-state index in [1.165, 1.54) is 11.4 Å². The van der Waals surface area contributed by atoms with Crippen molar-refractivity contribution in [3.8, 4) is 0 Å². The van der Waals surface area contributed by atoms with Gasteiger partial charge in [-0.2, -0.15) is 0 Å². The average molecular weight is 556 g/mol. The maximum absolute atomic E-state index is 13.3. The quantitative estimate of drug-likeness (QED) is 0.277. The summed E-state index contributed by atoms with van der Waals surface area (Å²) in [4.78, 5) is 11.5. The molecule has 2 aromatic carbocycles. The number of sulfonamides is 1. The Morgan fingerprint density at radius 1 is 1.06 bits per heavy atom. The fourth-order valence-electron chi connectivity index (χ4n) is 3.93. The van der Waals surface area contributed by atoms with Crippen molar-refractivity contribution in [3.05, 3.63) is 57.2 Å². The van der Waals surface area contributed by atoms with Gasteiger partial charge in [0.25, 0.3) is 10.0 Å². The molecule has 1 aliphatic heterocycles. The first-order valence-corrected chi connectivity index (χ1v) is 13.1. The van der Waals surface area contributed by atoms with E-state index in [9.17, 15) is 13.2 Å². The third-order valence-electron chi connectivity index (χ3n) is 5.65. The van der Waals surface area contributed by atoms with Crippen molar-refractivity contribution in [1.29, 1.82) is 0 Å². The van der Waals surface area contributed by atoms with Crippen LogP contribution < -0.4 is 9.62 Å². The van der Waals surface area contributed by atoms with Crippen molar-refractivity contribution >= 4 is 44.3 Å². The number of ether oxygens (including phenoxy) is 1. The molecular formula is C23H29IN2O4S. The largest absolute Gasteiger partial charge is 0.469 e. The molecule has 3 rings (SSSR count). The molecule has 2 aromatic rings. The van der Waals surface area contributed by atoms with Crippen molar-refractivity contribution < 1.29 is 17.9 Å². The Labute approximate surface area is 198 Å². The van der Waals surface area contributed by atoms with Gasteiger partial charge in [0, 0.05) is 17.0 Å². The molecule has 1 atom stereocenters. The van der Waals surface area contributed by atoms with Crippen LogP contribution >= 0.6 is 22.6 Å². The number of rotatable bonds is 9. The van der Waals surface area contributed by atoms with Crippen LogP contribution in [0, 0.1) is 3.57 Å². The van der Waals surface area contributed by atoms with Crippen LogP contribution in [0.3, 0.4) is 0 Å². The first kappa shape index (κ1) is 24.0. The van der Waals surface area contributed by atoms with E-state index in [0.717, 1.165) is 53.3 Å². The van der Waals surface area contributed by atoms with Crippen LogP contribution in [-0.4, -0.2) is 35.1 Å². The van der Waals surface area contributed by atoms with Crippen LogP contribution in [0.4, 0.5) is 5.69 Å². The molecule has 8 heteroatoms. The number of nitrogens with one attached hydrogen (secondary N) is 1. The fourth-order valence-corrected chi connectivity index (χ4v) is 6.11. The molecule has 1 unspecified atom stereocenters. The Bertz CT molecular complexity index is 1030. The number of para-hydroxylation sites is 1. The summed E-state index contributed by atoms with van der Waals surface area (Å²) in [6.07, 6.45) is 5.44. The monoisotopic (exact) mass is 556 g/mol. The number of halogens is 1. The summed E-state index contributed by atoms with van der Waals surface area (Å²) in [5.74, 6) is -0.151. The number of hydrogen-bond acceptors (Lipinski definition) is 5. The molecule has 0 saturated heterocycles. The van der Waals surface area contributed by atoms with Crippen molar-refractivity contribution in [1.82, 2.24) is 5.32 Å². The molecule has 0 aromatic heterocycles. The van der Waals surface area contributed by atoms with E-state index in [4.69, 9.17) is 0 Å². The molecule has 1 heterocycles. The number of fused-ring (bicyclic) bond motifs is 2. The lowest BCUT2D eigenvalue weighted by atomic mass is 9.96. The van der Waals surface area contributed by atoms with E-state index in [-0.39, 0.29) is 12.0 Å². The number of esters is 1. The molecule has 0 bridgehead atoms. The highest BCUT2D eigenvalue weighted by Gasteiger charge is 2.34. The highest BCUT2D eigenvalue weighted by molar-refractivity contribution is 14.1. The maximum atomic E-state index is 13.3. The van der Waals surface area contributed by atoms with Gasteiger partial charge in [0.1, 0.15) is 0 Å². The summed E-state index contributed by atoms with van der Waals surface area (Å²) < 4.78 is 33.5. The second-order valence-electron chi connectivity index (χ2n) is 7.69. The van der Waals surface area contributed by atoms with E-state index < -0.39 is 10.0 Å². The number of benzene rings is 2. The molecule has 1 aliphatic rings. The van der Waals surface area contributed by atoms with Gasteiger partial charge in [-0.25, -0.2) is 8.42 Å². The van der Waals surface area contributed by atoms with Crippen molar-refractivity contribution in [2.75, 3.05) is 25.0 Å². The minimum atomic E-state index is -3.63. The van der Waals surface area contributed by atoms with Crippen LogP contribution in [-0.2, 0) is 19.6 Å².